The van der Waals surface area contributed by atoms with Crippen LogP contribution in [0, 0.1) is 13.8 Å². The quantitative estimate of drug-likeness (QED) is 0.678. The smallest absolute Gasteiger partial charge is 0.172 e. The molecule has 3 rings (SSSR count). The van der Waals surface area contributed by atoms with Crippen molar-refractivity contribution in [1.29, 1.82) is 0 Å². The molecule has 0 atom stereocenters. The van der Waals surface area contributed by atoms with Crippen molar-refractivity contribution in [2.24, 2.45) is 0 Å². The molecule has 0 spiro atoms. The van der Waals surface area contributed by atoms with Gasteiger partial charge in [-0.2, -0.15) is 0 Å². The Hall–Kier alpha value is -2.75. The summed E-state index contributed by atoms with van der Waals surface area (Å²) in [6.07, 6.45) is 2.35. The number of hydrogen-bond acceptors (Lipinski definition) is 3. The van der Waals surface area contributed by atoms with Crippen LogP contribution in [0.3, 0.4) is 0 Å². The van der Waals surface area contributed by atoms with E-state index in [2.05, 4.69) is 42.4 Å². The minimum absolute atomic E-state index is 0.418. The number of benzene rings is 2. The average Bonchev–Trinajstić information content (AvgIpc) is 2.99. The van der Waals surface area contributed by atoms with E-state index in [4.69, 9.17) is 0 Å². The van der Waals surface area contributed by atoms with Crippen molar-refractivity contribution in [3.05, 3.63) is 76.6 Å². The molecule has 0 fully saturated rings. The number of aldehydes is 1. The zero-order valence-corrected chi connectivity index (χ0v) is 13.4. The SMILES string of the molecule is Cc1cccc(-n2nnc(C=O)c2CCc2ccccc2)c1C. The summed E-state index contributed by atoms with van der Waals surface area (Å²) < 4.78 is 1.80. The lowest BCUT2D eigenvalue weighted by Crippen LogP contribution is -2.07. The third kappa shape index (κ3) is 3.06. The van der Waals surface area contributed by atoms with Crippen LogP contribution in [-0.4, -0.2) is 21.3 Å². The number of hydrogen-bond donors (Lipinski definition) is 0. The highest BCUT2D eigenvalue weighted by Gasteiger charge is 2.15. The molecule has 0 radical (unpaired) electrons. The molecule has 0 aliphatic heterocycles. The number of aromatic nitrogens is 3. The highest BCUT2D eigenvalue weighted by Crippen LogP contribution is 2.20. The van der Waals surface area contributed by atoms with Gasteiger partial charge in [-0.05, 0) is 49.4 Å². The molecule has 23 heavy (non-hydrogen) atoms. The van der Waals surface area contributed by atoms with Gasteiger partial charge in [0.2, 0.25) is 0 Å². The molecule has 0 bridgehead atoms. The van der Waals surface area contributed by atoms with Gasteiger partial charge in [-0.1, -0.05) is 47.7 Å². The van der Waals surface area contributed by atoms with Crippen LogP contribution in [-0.2, 0) is 12.8 Å². The van der Waals surface area contributed by atoms with E-state index in [0.717, 1.165) is 36.1 Å². The third-order valence-corrected chi connectivity index (χ3v) is 4.20. The first-order valence-electron chi connectivity index (χ1n) is 7.71. The fourth-order valence-corrected chi connectivity index (χ4v) is 2.70. The van der Waals surface area contributed by atoms with Crippen LogP contribution in [0.2, 0.25) is 0 Å². The Morgan fingerprint density at radius 3 is 2.52 bits per heavy atom. The maximum atomic E-state index is 11.3. The highest BCUT2D eigenvalue weighted by atomic mass is 16.1. The summed E-state index contributed by atoms with van der Waals surface area (Å²) in [6.45, 7) is 4.13. The zero-order chi connectivity index (χ0) is 16.2. The molecule has 1 aromatic heterocycles. The lowest BCUT2D eigenvalue weighted by molar-refractivity contribution is 0.111. The third-order valence-electron chi connectivity index (χ3n) is 4.20. The van der Waals surface area contributed by atoms with Crippen LogP contribution in [0.1, 0.15) is 32.9 Å². The molecule has 0 saturated carbocycles. The predicted octanol–water partition coefficient (Wildman–Crippen LogP) is 3.48. The number of carbonyl (C=O) groups excluding carboxylic acids is 1. The normalized spacial score (nSPS) is 10.7. The Kier molecular flexibility index (Phi) is 4.33. The fourth-order valence-electron chi connectivity index (χ4n) is 2.70. The second-order valence-corrected chi connectivity index (χ2v) is 5.66. The van der Waals surface area contributed by atoms with Crippen molar-refractivity contribution in [2.75, 3.05) is 0 Å². The van der Waals surface area contributed by atoms with Gasteiger partial charge in [0.15, 0.2) is 6.29 Å². The van der Waals surface area contributed by atoms with E-state index < -0.39 is 0 Å². The monoisotopic (exact) mass is 305 g/mol. The van der Waals surface area contributed by atoms with Gasteiger partial charge in [0.05, 0.1) is 11.4 Å². The molecule has 2 aromatic carbocycles. The van der Waals surface area contributed by atoms with Crippen LogP contribution in [0.4, 0.5) is 0 Å². The number of rotatable bonds is 5. The van der Waals surface area contributed by atoms with Crippen molar-refractivity contribution in [1.82, 2.24) is 15.0 Å². The van der Waals surface area contributed by atoms with E-state index in [1.165, 1.54) is 11.1 Å². The van der Waals surface area contributed by atoms with Gasteiger partial charge in [-0.3, -0.25) is 4.79 Å². The van der Waals surface area contributed by atoms with E-state index in [1.54, 1.807) is 4.68 Å². The number of carbonyl (C=O) groups is 1. The second-order valence-electron chi connectivity index (χ2n) is 5.66. The molecule has 0 unspecified atom stereocenters. The Morgan fingerprint density at radius 2 is 1.78 bits per heavy atom. The molecule has 116 valence electrons. The topological polar surface area (TPSA) is 47.8 Å². The number of aryl methyl sites for hydroxylation is 2. The van der Waals surface area contributed by atoms with Gasteiger partial charge in [-0.15, -0.1) is 5.10 Å². The molecule has 4 heteroatoms. The molecule has 0 N–H and O–H groups in total. The van der Waals surface area contributed by atoms with E-state index in [0.29, 0.717) is 5.69 Å². The maximum absolute atomic E-state index is 11.3. The summed E-state index contributed by atoms with van der Waals surface area (Å²) in [5.41, 5.74) is 5.83. The second kappa shape index (κ2) is 6.57. The van der Waals surface area contributed by atoms with E-state index in [1.807, 2.05) is 30.3 Å². The fraction of sp³-hybridized carbons (Fsp3) is 0.211. The summed E-state index contributed by atoms with van der Waals surface area (Å²) in [6, 6.07) is 16.3. The molecule has 4 nitrogen and oxygen atoms in total. The summed E-state index contributed by atoms with van der Waals surface area (Å²) in [5.74, 6) is 0. The summed E-state index contributed by atoms with van der Waals surface area (Å²) in [5, 5.41) is 8.25. The van der Waals surface area contributed by atoms with E-state index >= 15 is 0 Å². The first-order chi connectivity index (χ1) is 11.2. The molecule has 0 saturated heterocycles. The van der Waals surface area contributed by atoms with Crippen LogP contribution in [0.5, 0.6) is 0 Å². The minimum Gasteiger partial charge on any atom is -0.296 e. The van der Waals surface area contributed by atoms with Crippen molar-refractivity contribution in [2.45, 2.75) is 26.7 Å². The molecule has 0 aliphatic carbocycles. The Morgan fingerprint density at radius 1 is 1.00 bits per heavy atom. The minimum atomic E-state index is 0.418. The van der Waals surface area contributed by atoms with Gasteiger partial charge >= 0.3 is 0 Å². The van der Waals surface area contributed by atoms with Gasteiger partial charge in [0, 0.05) is 0 Å². The lowest BCUT2D eigenvalue weighted by atomic mass is 10.1. The van der Waals surface area contributed by atoms with Gasteiger partial charge in [0.1, 0.15) is 5.69 Å². The lowest BCUT2D eigenvalue weighted by Gasteiger charge is -2.11. The van der Waals surface area contributed by atoms with Crippen LogP contribution in [0.25, 0.3) is 5.69 Å². The summed E-state index contributed by atoms with van der Waals surface area (Å²) >= 11 is 0. The molecule has 0 aliphatic rings. The molecular formula is C19H19N3O. The van der Waals surface area contributed by atoms with Crippen LogP contribution in [0.15, 0.2) is 48.5 Å². The predicted molar refractivity (Wildman–Crippen MR) is 90.1 cm³/mol. The average molecular weight is 305 g/mol. The Bertz CT molecular complexity index is 822. The van der Waals surface area contributed by atoms with Gasteiger partial charge < -0.3 is 0 Å². The molecule has 1 heterocycles. The molecule has 0 amide bonds. The molecule has 3 aromatic rings. The first-order valence-corrected chi connectivity index (χ1v) is 7.71. The highest BCUT2D eigenvalue weighted by molar-refractivity contribution is 5.73. The Balaban J connectivity index is 1.97. The summed E-state index contributed by atoms with van der Waals surface area (Å²) in [4.78, 5) is 11.3. The zero-order valence-electron chi connectivity index (χ0n) is 13.4. The summed E-state index contributed by atoms with van der Waals surface area (Å²) in [7, 11) is 0. The van der Waals surface area contributed by atoms with Crippen molar-refractivity contribution in [3.8, 4) is 5.69 Å². The maximum Gasteiger partial charge on any atom is 0.172 e. The Labute approximate surface area is 135 Å². The van der Waals surface area contributed by atoms with Crippen LogP contribution >= 0.6 is 0 Å². The van der Waals surface area contributed by atoms with E-state index in [9.17, 15) is 4.79 Å². The van der Waals surface area contributed by atoms with Gasteiger partial charge in [0.25, 0.3) is 0 Å². The number of nitrogens with zero attached hydrogens (tertiary/aromatic N) is 3. The largest absolute Gasteiger partial charge is 0.296 e. The van der Waals surface area contributed by atoms with E-state index in [-0.39, 0.29) is 0 Å². The van der Waals surface area contributed by atoms with Crippen molar-refractivity contribution in [3.63, 3.8) is 0 Å². The molecular weight excluding hydrogens is 286 g/mol. The van der Waals surface area contributed by atoms with Crippen molar-refractivity contribution < 1.29 is 4.79 Å². The first kappa shape index (κ1) is 15.2. The van der Waals surface area contributed by atoms with Crippen LogP contribution < -0.4 is 0 Å². The standard InChI is InChI=1S/C19H19N3O/c1-14-7-6-10-18(15(14)2)22-19(17(13-23)20-21-22)12-11-16-8-4-3-5-9-16/h3-10,13H,11-12H2,1-2H3. The van der Waals surface area contributed by atoms with Crippen molar-refractivity contribution >= 4 is 6.29 Å². The van der Waals surface area contributed by atoms with Gasteiger partial charge in [-0.25, -0.2) is 4.68 Å².